The Kier molecular flexibility index (Phi) is 6.55. The molecule has 1 rings (SSSR count). The Balaban J connectivity index is 0.000000561. The third-order valence-electron chi connectivity index (χ3n) is 1.56. The quantitative estimate of drug-likeness (QED) is 0.584. The zero-order valence-electron chi connectivity index (χ0n) is 8.59. The van der Waals surface area contributed by atoms with Crippen molar-refractivity contribution in [1.29, 1.82) is 0 Å². The van der Waals surface area contributed by atoms with Crippen molar-refractivity contribution in [2.45, 2.75) is 33.9 Å². The van der Waals surface area contributed by atoms with Crippen LogP contribution < -0.4 is 0 Å². The van der Waals surface area contributed by atoms with Gasteiger partial charge < -0.3 is 0 Å². The van der Waals surface area contributed by atoms with Crippen LogP contribution in [0.15, 0.2) is 24.3 Å². The molecule has 1 aromatic carbocycles. The Hall–Kier alpha value is -0.715. The van der Waals surface area contributed by atoms with Gasteiger partial charge in [-0.05, 0) is 6.92 Å². The highest BCUT2D eigenvalue weighted by Crippen LogP contribution is 2.02. The van der Waals surface area contributed by atoms with Crippen LogP contribution in [0.1, 0.15) is 25.0 Å². The SMILES string of the molecule is CC.C[B]Cc1ccc(C)cc1. The lowest BCUT2D eigenvalue weighted by atomic mass is 9.75. The van der Waals surface area contributed by atoms with Gasteiger partial charge in [0.15, 0.2) is 0 Å². The molecule has 1 aromatic rings. The first-order valence-corrected chi connectivity index (χ1v) is 4.66. The van der Waals surface area contributed by atoms with Gasteiger partial charge in [0, 0.05) is 0 Å². The summed E-state index contributed by atoms with van der Waals surface area (Å²) in [7, 11) is 2.17. The molecule has 0 aliphatic rings. The molecule has 1 heteroatoms. The van der Waals surface area contributed by atoms with Crippen molar-refractivity contribution < 1.29 is 0 Å². The van der Waals surface area contributed by atoms with Crippen LogP contribution >= 0.6 is 0 Å². The Morgan fingerprint density at radius 1 is 1.08 bits per heavy atom. The molecule has 65 valence electrons. The van der Waals surface area contributed by atoms with Crippen LogP contribution in [0.3, 0.4) is 0 Å². The smallest absolute Gasteiger partial charge is 0.0917 e. The van der Waals surface area contributed by atoms with Gasteiger partial charge in [-0.15, -0.1) is 0 Å². The first kappa shape index (κ1) is 11.3. The van der Waals surface area contributed by atoms with Crippen molar-refractivity contribution in [3.8, 4) is 0 Å². The summed E-state index contributed by atoms with van der Waals surface area (Å²) in [5.74, 6) is 0. The van der Waals surface area contributed by atoms with Gasteiger partial charge in [0.1, 0.15) is 7.28 Å². The molecule has 0 saturated heterocycles. The third kappa shape index (κ3) is 4.22. The van der Waals surface area contributed by atoms with Crippen molar-refractivity contribution in [2.24, 2.45) is 0 Å². The van der Waals surface area contributed by atoms with Crippen molar-refractivity contribution in [3.63, 3.8) is 0 Å². The normalized spacial score (nSPS) is 8.33. The van der Waals surface area contributed by atoms with Gasteiger partial charge in [0.2, 0.25) is 0 Å². The first-order chi connectivity index (χ1) is 5.83. The van der Waals surface area contributed by atoms with Gasteiger partial charge in [0.25, 0.3) is 0 Å². The van der Waals surface area contributed by atoms with Crippen molar-refractivity contribution in [2.75, 3.05) is 0 Å². The zero-order valence-corrected chi connectivity index (χ0v) is 8.59. The van der Waals surface area contributed by atoms with Gasteiger partial charge in [-0.25, -0.2) is 0 Å². The largest absolute Gasteiger partial charge is 0.111 e. The van der Waals surface area contributed by atoms with Gasteiger partial charge in [-0.1, -0.05) is 62.4 Å². The van der Waals surface area contributed by atoms with E-state index in [2.05, 4.69) is 45.3 Å². The van der Waals surface area contributed by atoms with E-state index in [1.807, 2.05) is 13.8 Å². The van der Waals surface area contributed by atoms with Crippen LogP contribution in [-0.2, 0) is 6.32 Å². The van der Waals surface area contributed by atoms with Crippen LogP contribution in [0, 0.1) is 6.92 Å². The fourth-order valence-corrected chi connectivity index (χ4v) is 0.960. The van der Waals surface area contributed by atoms with E-state index in [4.69, 9.17) is 0 Å². The number of hydrogen-bond donors (Lipinski definition) is 0. The number of hydrogen-bond acceptors (Lipinski definition) is 0. The molecule has 0 unspecified atom stereocenters. The van der Waals surface area contributed by atoms with Crippen LogP contribution in [0.4, 0.5) is 0 Å². The van der Waals surface area contributed by atoms with Crippen molar-refractivity contribution in [1.82, 2.24) is 0 Å². The van der Waals surface area contributed by atoms with E-state index in [1.165, 1.54) is 11.1 Å². The minimum Gasteiger partial charge on any atom is -0.0917 e. The minimum absolute atomic E-state index is 1.08. The lowest BCUT2D eigenvalue weighted by molar-refractivity contribution is 1.34. The molecule has 0 N–H and O–H groups in total. The Morgan fingerprint density at radius 3 is 2.00 bits per heavy atom. The second-order valence-corrected chi connectivity index (χ2v) is 2.60. The summed E-state index contributed by atoms with van der Waals surface area (Å²) in [6.07, 6.45) is 1.08. The highest BCUT2D eigenvalue weighted by atomic mass is 13.9. The first-order valence-electron chi connectivity index (χ1n) is 4.66. The fourth-order valence-electron chi connectivity index (χ4n) is 0.960. The lowest BCUT2D eigenvalue weighted by Crippen LogP contribution is -1.89. The van der Waals surface area contributed by atoms with E-state index in [1.54, 1.807) is 0 Å². The van der Waals surface area contributed by atoms with E-state index >= 15 is 0 Å². The van der Waals surface area contributed by atoms with E-state index in [9.17, 15) is 0 Å². The lowest BCUT2D eigenvalue weighted by Gasteiger charge is -1.96. The van der Waals surface area contributed by atoms with Crippen LogP contribution in [-0.4, -0.2) is 7.28 Å². The van der Waals surface area contributed by atoms with Crippen LogP contribution in [0.2, 0.25) is 6.82 Å². The number of rotatable bonds is 2. The van der Waals surface area contributed by atoms with Crippen molar-refractivity contribution >= 4 is 7.28 Å². The predicted octanol–water partition coefficient (Wildman–Crippen LogP) is 3.27. The molecular formula is C11H18B. The van der Waals surface area contributed by atoms with E-state index in [-0.39, 0.29) is 0 Å². The van der Waals surface area contributed by atoms with Gasteiger partial charge >= 0.3 is 0 Å². The molecule has 0 aliphatic heterocycles. The van der Waals surface area contributed by atoms with Crippen LogP contribution in [0.5, 0.6) is 0 Å². The molecule has 0 atom stereocenters. The molecule has 0 heterocycles. The molecule has 0 bridgehead atoms. The molecule has 12 heavy (non-hydrogen) atoms. The molecule has 1 radical (unpaired) electrons. The van der Waals surface area contributed by atoms with E-state index in [0.29, 0.717) is 0 Å². The molecular weight excluding hydrogens is 143 g/mol. The minimum atomic E-state index is 1.08. The predicted molar refractivity (Wildman–Crippen MR) is 57.8 cm³/mol. The Labute approximate surface area is 77.2 Å². The third-order valence-corrected chi connectivity index (χ3v) is 1.56. The molecule has 0 aliphatic carbocycles. The topological polar surface area (TPSA) is 0 Å². The zero-order chi connectivity index (χ0) is 9.40. The average Bonchev–Trinajstić information content (AvgIpc) is 2.13. The highest BCUT2D eigenvalue weighted by molar-refractivity contribution is 6.32. The van der Waals surface area contributed by atoms with Crippen molar-refractivity contribution in [3.05, 3.63) is 35.4 Å². The highest BCUT2D eigenvalue weighted by Gasteiger charge is 1.88. The maximum Gasteiger partial charge on any atom is 0.111 e. The number of benzene rings is 1. The summed E-state index contributed by atoms with van der Waals surface area (Å²) in [6, 6.07) is 8.66. The summed E-state index contributed by atoms with van der Waals surface area (Å²) in [5, 5.41) is 0. The van der Waals surface area contributed by atoms with Gasteiger partial charge in [-0.2, -0.15) is 0 Å². The molecule has 0 amide bonds. The Morgan fingerprint density at radius 2 is 1.58 bits per heavy atom. The maximum absolute atomic E-state index is 2.18. The summed E-state index contributed by atoms with van der Waals surface area (Å²) < 4.78 is 0. The van der Waals surface area contributed by atoms with E-state index in [0.717, 1.165) is 6.32 Å². The summed E-state index contributed by atoms with van der Waals surface area (Å²) >= 11 is 0. The summed E-state index contributed by atoms with van der Waals surface area (Å²) in [4.78, 5) is 0. The van der Waals surface area contributed by atoms with Gasteiger partial charge in [-0.3, -0.25) is 0 Å². The summed E-state index contributed by atoms with van der Waals surface area (Å²) in [6.45, 7) is 8.19. The number of aryl methyl sites for hydroxylation is 1. The molecule has 0 spiro atoms. The Bertz CT molecular complexity index is 189. The second-order valence-electron chi connectivity index (χ2n) is 2.60. The maximum atomic E-state index is 2.18. The molecule has 0 fully saturated rings. The van der Waals surface area contributed by atoms with E-state index < -0.39 is 0 Å². The standard InChI is InChI=1S/C9H12B.C2H6/c1-8-3-5-9(6-4-8)7-10-2;1-2/h3-6H,7H2,1-2H3;1-2H3. The van der Waals surface area contributed by atoms with Gasteiger partial charge in [0.05, 0.1) is 0 Å². The molecule has 0 aromatic heterocycles. The average molecular weight is 161 g/mol. The molecule has 0 nitrogen and oxygen atoms in total. The second kappa shape index (κ2) is 6.96. The fraction of sp³-hybridized carbons (Fsp3) is 0.455. The monoisotopic (exact) mass is 161 g/mol. The van der Waals surface area contributed by atoms with Crippen LogP contribution in [0.25, 0.3) is 0 Å². The molecule has 0 saturated carbocycles. The summed E-state index contributed by atoms with van der Waals surface area (Å²) in [5.41, 5.74) is 2.73.